The van der Waals surface area contributed by atoms with E-state index in [1.807, 2.05) is 6.92 Å². The summed E-state index contributed by atoms with van der Waals surface area (Å²) in [5.41, 5.74) is -0.0444. The first kappa shape index (κ1) is 16.8. The van der Waals surface area contributed by atoms with Gasteiger partial charge in [-0.25, -0.2) is 9.59 Å². The van der Waals surface area contributed by atoms with Gasteiger partial charge in [0.15, 0.2) is 6.61 Å². The Kier molecular flexibility index (Phi) is 6.85. The van der Waals surface area contributed by atoms with Gasteiger partial charge < -0.3 is 9.47 Å². The predicted molar refractivity (Wildman–Crippen MR) is 80.6 cm³/mol. The zero-order chi connectivity index (χ0) is 15.0. The number of hydrogen-bond donors (Lipinski definition) is 0. The fourth-order valence-electron chi connectivity index (χ4n) is 2.08. The average Bonchev–Trinajstić information content (AvgIpc) is 2.82. The highest BCUT2D eigenvalue weighted by Gasteiger charge is 2.32. The van der Waals surface area contributed by atoms with Crippen LogP contribution in [-0.4, -0.2) is 35.7 Å². The molecule has 1 aliphatic rings. The maximum atomic E-state index is 11.6. The molecule has 1 aliphatic carbocycles. The molecule has 112 valence electrons. The number of esters is 2. The Morgan fingerprint density at radius 3 is 2.60 bits per heavy atom. The molecule has 20 heavy (non-hydrogen) atoms. The van der Waals surface area contributed by atoms with Crippen molar-refractivity contribution in [1.29, 1.82) is 0 Å². The number of thioether (sulfide) groups is 1. The van der Waals surface area contributed by atoms with Crippen molar-refractivity contribution in [2.24, 2.45) is 0 Å². The van der Waals surface area contributed by atoms with Crippen LogP contribution in [0.1, 0.15) is 32.6 Å². The predicted octanol–water partition coefficient (Wildman–Crippen LogP) is 2.88. The summed E-state index contributed by atoms with van der Waals surface area (Å²) in [4.78, 5) is 23.2. The van der Waals surface area contributed by atoms with Crippen LogP contribution >= 0.6 is 11.8 Å². The second kappa shape index (κ2) is 8.15. The van der Waals surface area contributed by atoms with Gasteiger partial charge >= 0.3 is 11.9 Å². The minimum absolute atomic E-state index is 0.344. The van der Waals surface area contributed by atoms with Crippen LogP contribution in [0.15, 0.2) is 24.8 Å². The molecule has 0 aliphatic heterocycles. The topological polar surface area (TPSA) is 52.6 Å². The summed E-state index contributed by atoms with van der Waals surface area (Å²) < 4.78 is 10.3. The van der Waals surface area contributed by atoms with Crippen molar-refractivity contribution in [1.82, 2.24) is 0 Å². The molecule has 0 aromatic carbocycles. The van der Waals surface area contributed by atoms with Crippen molar-refractivity contribution in [3.63, 3.8) is 0 Å². The van der Waals surface area contributed by atoms with Crippen LogP contribution in [0.25, 0.3) is 0 Å². The Bertz CT molecular complexity index is 383. The summed E-state index contributed by atoms with van der Waals surface area (Å²) in [6.07, 6.45) is 5.64. The Hall–Kier alpha value is -1.23. The van der Waals surface area contributed by atoms with E-state index >= 15 is 0 Å². The Balaban J connectivity index is 2.24. The van der Waals surface area contributed by atoms with Crippen LogP contribution in [0.2, 0.25) is 0 Å². The molecule has 0 aromatic rings. The third-order valence-electron chi connectivity index (χ3n) is 3.14. The minimum atomic E-state index is -0.546. The second-order valence-corrected chi connectivity index (χ2v) is 6.14. The molecule has 0 bridgehead atoms. The third kappa shape index (κ3) is 5.82. The van der Waals surface area contributed by atoms with Gasteiger partial charge in [0.05, 0.1) is 0 Å². The van der Waals surface area contributed by atoms with E-state index in [1.165, 1.54) is 11.8 Å². The molecule has 0 saturated heterocycles. The Morgan fingerprint density at radius 2 is 2.00 bits per heavy atom. The van der Waals surface area contributed by atoms with E-state index in [2.05, 4.69) is 13.2 Å². The number of carbonyl (C=O) groups excluding carboxylic acids is 2. The molecular weight excluding hydrogens is 276 g/mol. The van der Waals surface area contributed by atoms with E-state index in [9.17, 15) is 9.59 Å². The molecule has 4 nitrogen and oxygen atoms in total. The lowest BCUT2D eigenvalue weighted by atomic mass is 10.1. The Morgan fingerprint density at radius 1 is 1.35 bits per heavy atom. The van der Waals surface area contributed by atoms with E-state index < -0.39 is 11.9 Å². The van der Waals surface area contributed by atoms with E-state index in [-0.39, 0.29) is 12.2 Å². The van der Waals surface area contributed by atoms with Crippen molar-refractivity contribution in [2.45, 2.75) is 38.2 Å². The standard InChI is InChI=1S/C15H22O4S/c1-4-9-20-11-12(2)14(17)18-10-13(16)19-15(3)7-5-6-8-15/h4H,1-2,5-11H2,3H3. The quantitative estimate of drug-likeness (QED) is 0.298. The van der Waals surface area contributed by atoms with Crippen LogP contribution < -0.4 is 0 Å². The maximum Gasteiger partial charge on any atom is 0.344 e. The molecule has 1 saturated carbocycles. The van der Waals surface area contributed by atoms with Gasteiger partial charge in [-0.15, -0.1) is 6.58 Å². The van der Waals surface area contributed by atoms with Gasteiger partial charge in [0.2, 0.25) is 0 Å². The largest absolute Gasteiger partial charge is 0.457 e. The average molecular weight is 298 g/mol. The second-order valence-electron chi connectivity index (χ2n) is 5.11. The molecular formula is C15H22O4S. The van der Waals surface area contributed by atoms with Crippen molar-refractivity contribution < 1.29 is 19.1 Å². The SMILES string of the molecule is C=CCSCC(=C)C(=O)OCC(=O)OC1(C)CCCC1. The third-order valence-corrected chi connectivity index (χ3v) is 4.17. The minimum Gasteiger partial charge on any atom is -0.457 e. The first-order valence-electron chi connectivity index (χ1n) is 6.72. The van der Waals surface area contributed by atoms with Crippen LogP contribution in [0.5, 0.6) is 0 Å². The molecule has 0 atom stereocenters. The highest BCUT2D eigenvalue weighted by molar-refractivity contribution is 7.99. The van der Waals surface area contributed by atoms with Gasteiger partial charge in [-0.05, 0) is 32.6 Å². The fourth-order valence-corrected chi connectivity index (χ4v) is 2.73. The highest BCUT2D eigenvalue weighted by Crippen LogP contribution is 2.32. The van der Waals surface area contributed by atoms with E-state index in [4.69, 9.17) is 9.47 Å². The van der Waals surface area contributed by atoms with Crippen LogP contribution in [0.4, 0.5) is 0 Å². The molecule has 1 rings (SSSR count). The van der Waals surface area contributed by atoms with Gasteiger partial charge in [-0.1, -0.05) is 12.7 Å². The molecule has 5 heteroatoms. The lowest BCUT2D eigenvalue weighted by Crippen LogP contribution is -2.30. The van der Waals surface area contributed by atoms with Gasteiger partial charge in [0, 0.05) is 17.1 Å². The maximum absolute atomic E-state index is 11.6. The summed E-state index contributed by atoms with van der Waals surface area (Å²) in [5.74, 6) is 0.175. The van der Waals surface area contributed by atoms with Gasteiger partial charge in [0.1, 0.15) is 5.60 Å². The lowest BCUT2D eigenvalue weighted by molar-refractivity contribution is -0.167. The van der Waals surface area contributed by atoms with Gasteiger partial charge in [-0.2, -0.15) is 11.8 Å². The summed E-state index contributed by atoms with van der Waals surface area (Å²) >= 11 is 1.51. The molecule has 0 unspecified atom stereocenters. The van der Waals surface area contributed by atoms with Crippen molar-refractivity contribution in [2.75, 3.05) is 18.1 Å². The number of hydrogen-bond acceptors (Lipinski definition) is 5. The molecule has 0 N–H and O–H groups in total. The lowest BCUT2D eigenvalue weighted by Gasteiger charge is -2.23. The normalized spacial score (nSPS) is 16.4. The molecule has 1 fully saturated rings. The van der Waals surface area contributed by atoms with Gasteiger partial charge in [-0.3, -0.25) is 0 Å². The summed E-state index contributed by atoms with van der Waals surface area (Å²) in [5, 5.41) is 0. The molecule has 0 aromatic heterocycles. The van der Waals surface area contributed by atoms with Crippen LogP contribution in [0, 0.1) is 0 Å². The van der Waals surface area contributed by atoms with Crippen LogP contribution in [0.3, 0.4) is 0 Å². The van der Waals surface area contributed by atoms with Gasteiger partial charge in [0.25, 0.3) is 0 Å². The zero-order valence-electron chi connectivity index (χ0n) is 12.0. The molecule has 0 amide bonds. The Labute approximate surface area is 124 Å². The van der Waals surface area contributed by atoms with Crippen LogP contribution in [-0.2, 0) is 19.1 Å². The number of carbonyl (C=O) groups is 2. The first-order chi connectivity index (χ1) is 9.47. The fraction of sp³-hybridized carbons (Fsp3) is 0.600. The molecule has 0 spiro atoms. The van der Waals surface area contributed by atoms with E-state index in [0.29, 0.717) is 11.3 Å². The summed E-state index contributed by atoms with van der Waals surface area (Å²) in [6.45, 7) is 8.80. The van der Waals surface area contributed by atoms with E-state index in [0.717, 1.165) is 31.4 Å². The van der Waals surface area contributed by atoms with E-state index in [1.54, 1.807) is 6.08 Å². The molecule has 0 heterocycles. The monoisotopic (exact) mass is 298 g/mol. The smallest absolute Gasteiger partial charge is 0.344 e. The first-order valence-corrected chi connectivity index (χ1v) is 7.88. The van der Waals surface area contributed by atoms with Crippen molar-refractivity contribution in [3.05, 3.63) is 24.8 Å². The highest BCUT2D eigenvalue weighted by atomic mass is 32.2. The molecule has 0 radical (unpaired) electrons. The number of rotatable bonds is 8. The zero-order valence-corrected chi connectivity index (χ0v) is 12.8. The number of ether oxygens (including phenoxy) is 2. The van der Waals surface area contributed by atoms with Crippen molar-refractivity contribution >= 4 is 23.7 Å². The summed E-state index contributed by atoms with van der Waals surface area (Å²) in [7, 11) is 0. The summed E-state index contributed by atoms with van der Waals surface area (Å²) in [6, 6.07) is 0. The van der Waals surface area contributed by atoms with Crippen molar-refractivity contribution in [3.8, 4) is 0 Å².